The maximum Gasteiger partial charge on any atom is 0.336 e. The number of rotatable bonds is 6. The number of anilines is 1. The lowest BCUT2D eigenvalue weighted by atomic mass is 10.1. The van der Waals surface area contributed by atoms with Crippen LogP contribution in [0.25, 0.3) is 6.08 Å². The topological polar surface area (TPSA) is 84.9 Å². The summed E-state index contributed by atoms with van der Waals surface area (Å²) in [5.74, 6) is -0.741. The molecule has 32 heavy (non-hydrogen) atoms. The number of ether oxygens (including phenoxy) is 2. The van der Waals surface area contributed by atoms with Crippen LogP contribution in [0.15, 0.2) is 40.4 Å². The summed E-state index contributed by atoms with van der Waals surface area (Å²) in [7, 11) is 1.49. The van der Waals surface area contributed by atoms with Gasteiger partial charge in [0.1, 0.15) is 5.57 Å². The molecule has 0 saturated carbocycles. The van der Waals surface area contributed by atoms with Gasteiger partial charge in [-0.1, -0.05) is 36.2 Å². The number of benzene rings is 2. The van der Waals surface area contributed by atoms with Crippen molar-refractivity contribution in [3.05, 3.63) is 56.0 Å². The Morgan fingerprint density at radius 2 is 1.94 bits per heavy atom. The van der Waals surface area contributed by atoms with Gasteiger partial charge in [0.2, 0.25) is 0 Å². The Kier molecular flexibility index (Phi) is 7.48. The summed E-state index contributed by atoms with van der Waals surface area (Å²) in [4.78, 5) is 38.8. The van der Waals surface area contributed by atoms with Crippen LogP contribution in [0.4, 0.5) is 10.5 Å². The summed E-state index contributed by atoms with van der Waals surface area (Å²) >= 11 is 15.7. The molecule has 1 N–H and O–H groups in total. The van der Waals surface area contributed by atoms with Crippen molar-refractivity contribution in [1.29, 1.82) is 0 Å². The van der Waals surface area contributed by atoms with Gasteiger partial charge in [0.15, 0.2) is 11.5 Å². The van der Waals surface area contributed by atoms with Crippen LogP contribution in [0, 0.1) is 0 Å². The molecule has 0 aliphatic carbocycles. The molecule has 1 fully saturated rings. The zero-order valence-electron chi connectivity index (χ0n) is 17.4. The second-order valence-corrected chi connectivity index (χ2v) is 8.54. The fourth-order valence-electron chi connectivity index (χ4n) is 2.93. The molecule has 0 aromatic heterocycles. The van der Waals surface area contributed by atoms with Gasteiger partial charge in [0.25, 0.3) is 11.8 Å². The summed E-state index contributed by atoms with van der Waals surface area (Å²) in [5, 5.41) is 2.33. The first kappa shape index (κ1) is 24.1. The molecule has 1 atom stereocenters. The van der Waals surface area contributed by atoms with E-state index < -0.39 is 17.8 Å². The second-order valence-electron chi connectivity index (χ2n) is 6.90. The molecule has 1 saturated heterocycles. The van der Waals surface area contributed by atoms with Gasteiger partial charge in [-0.25, -0.2) is 9.69 Å². The van der Waals surface area contributed by atoms with E-state index in [1.54, 1.807) is 18.2 Å². The van der Waals surface area contributed by atoms with E-state index in [0.29, 0.717) is 21.5 Å². The van der Waals surface area contributed by atoms with Gasteiger partial charge < -0.3 is 9.47 Å². The van der Waals surface area contributed by atoms with Crippen molar-refractivity contribution in [2.75, 3.05) is 12.0 Å². The Labute approximate surface area is 203 Å². The highest BCUT2D eigenvalue weighted by molar-refractivity contribution is 9.10. The minimum atomic E-state index is -0.919. The lowest BCUT2D eigenvalue weighted by Crippen LogP contribution is -2.54. The van der Waals surface area contributed by atoms with Crippen LogP contribution in [-0.2, 0) is 9.59 Å². The van der Waals surface area contributed by atoms with E-state index in [2.05, 4.69) is 21.2 Å². The van der Waals surface area contributed by atoms with Crippen molar-refractivity contribution in [2.24, 2.45) is 0 Å². The van der Waals surface area contributed by atoms with Crippen LogP contribution in [0.5, 0.6) is 11.5 Å². The lowest BCUT2D eigenvalue weighted by molar-refractivity contribution is -0.122. The number of carbonyl (C=O) groups is 3. The number of hydrogen-bond donors (Lipinski definition) is 1. The number of methoxy groups -OCH3 is 1. The predicted molar refractivity (Wildman–Crippen MR) is 127 cm³/mol. The summed E-state index contributed by atoms with van der Waals surface area (Å²) in [6.07, 6.45) is 2.11. The highest BCUT2D eigenvalue weighted by Crippen LogP contribution is 2.39. The van der Waals surface area contributed by atoms with Crippen LogP contribution < -0.4 is 19.7 Å². The summed E-state index contributed by atoms with van der Waals surface area (Å²) < 4.78 is 11.9. The number of imide groups is 2. The maximum atomic E-state index is 13.1. The van der Waals surface area contributed by atoms with Gasteiger partial charge >= 0.3 is 6.03 Å². The smallest absolute Gasteiger partial charge is 0.336 e. The lowest BCUT2D eigenvalue weighted by Gasteiger charge is -2.27. The normalized spacial score (nSPS) is 16.2. The monoisotopic (exact) mass is 540 g/mol. The zero-order chi connectivity index (χ0) is 23.6. The van der Waals surface area contributed by atoms with Crippen LogP contribution >= 0.6 is 39.1 Å². The molecule has 4 amide bonds. The van der Waals surface area contributed by atoms with Crippen LogP contribution in [0.1, 0.15) is 25.8 Å². The summed E-state index contributed by atoms with van der Waals surface area (Å²) in [6, 6.07) is 6.91. The fourth-order valence-corrected chi connectivity index (χ4v) is 3.86. The molecule has 2 aromatic carbocycles. The minimum Gasteiger partial charge on any atom is -0.493 e. The number of carbonyl (C=O) groups excluding carboxylic acids is 3. The number of halogens is 3. The van der Waals surface area contributed by atoms with E-state index in [0.717, 1.165) is 11.3 Å². The Bertz CT molecular complexity index is 1140. The molecule has 0 spiro atoms. The molecule has 1 heterocycles. The number of amides is 4. The third-order valence-electron chi connectivity index (χ3n) is 4.73. The first-order chi connectivity index (χ1) is 15.2. The molecule has 10 heteroatoms. The third-order valence-corrected chi connectivity index (χ3v) is 6.13. The Balaban J connectivity index is 2.04. The van der Waals surface area contributed by atoms with Crippen LogP contribution in [-0.4, -0.2) is 31.1 Å². The Hall–Kier alpha value is -2.55. The average molecular weight is 542 g/mol. The minimum absolute atomic E-state index is 0.0160. The van der Waals surface area contributed by atoms with Crippen LogP contribution in [0.3, 0.4) is 0 Å². The van der Waals surface area contributed by atoms with Gasteiger partial charge in [-0.15, -0.1) is 0 Å². The van der Waals surface area contributed by atoms with E-state index in [4.69, 9.17) is 32.7 Å². The number of barbiturate groups is 1. The predicted octanol–water partition coefficient (Wildman–Crippen LogP) is 5.61. The average Bonchev–Trinajstić information content (AvgIpc) is 2.75. The molecular weight excluding hydrogens is 523 g/mol. The third kappa shape index (κ3) is 4.77. The number of nitrogens with zero attached hydrogens (tertiary/aromatic N) is 1. The van der Waals surface area contributed by atoms with E-state index in [1.807, 2.05) is 13.8 Å². The number of hydrogen-bond acceptors (Lipinski definition) is 5. The number of urea groups is 1. The molecule has 0 bridgehead atoms. The molecule has 0 radical (unpaired) electrons. The fraction of sp³-hybridized carbons (Fsp3) is 0.227. The Morgan fingerprint density at radius 1 is 1.22 bits per heavy atom. The first-order valence-corrected chi connectivity index (χ1v) is 11.1. The summed E-state index contributed by atoms with van der Waals surface area (Å²) in [5.41, 5.74) is 0.288. The van der Waals surface area contributed by atoms with Crippen molar-refractivity contribution < 1.29 is 23.9 Å². The number of nitrogens with one attached hydrogen (secondary N) is 1. The summed E-state index contributed by atoms with van der Waals surface area (Å²) in [6.45, 7) is 3.93. The van der Waals surface area contributed by atoms with Crippen molar-refractivity contribution in [2.45, 2.75) is 26.4 Å². The molecule has 1 aliphatic heterocycles. The van der Waals surface area contributed by atoms with Crippen molar-refractivity contribution in [3.8, 4) is 11.5 Å². The first-order valence-electron chi connectivity index (χ1n) is 9.57. The van der Waals surface area contributed by atoms with E-state index in [-0.39, 0.29) is 27.4 Å². The van der Waals surface area contributed by atoms with Crippen LogP contribution in [0.2, 0.25) is 10.0 Å². The van der Waals surface area contributed by atoms with Gasteiger partial charge in [-0.05, 0) is 65.2 Å². The van der Waals surface area contributed by atoms with Gasteiger partial charge in [-0.3, -0.25) is 14.9 Å². The van der Waals surface area contributed by atoms with E-state index >= 15 is 0 Å². The van der Waals surface area contributed by atoms with E-state index in [1.165, 1.54) is 25.3 Å². The second kappa shape index (κ2) is 9.94. The van der Waals surface area contributed by atoms with Gasteiger partial charge in [-0.2, -0.15) is 0 Å². The molecule has 168 valence electrons. The molecule has 7 nitrogen and oxygen atoms in total. The SMILES string of the molecule is CC[C@@H](C)Oc1c(Br)cc(/C=C2\C(=O)NC(=O)N(c3cccc(Cl)c3Cl)C2=O)cc1OC. The molecule has 2 aromatic rings. The zero-order valence-corrected chi connectivity index (χ0v) is 20.5. The molecule has 3 rings (SSSR count). The van der Waals surface area contributed by atoms with Crippen molar-refractivity contribution >= 4 is 68.7 Å². The Morgan fingerprint density at radius 3 is 2.59 bits per heavy atom. The maximum absolute atomic E-state index is 13.1. The molecule has 0 unspecified atom stereocenters. The van der Waals surface area contributed by atoms with Gasteiger partial charge in [0, 0.05) is 0 Å². The van der Waals surface area contributed by atoms with Gasteiger partial charge in [0.05, 0.1) is 33.4 Å². The van der Waals surface area contributed by atoms with E-state index in [9.17, 15) is 14.4 Å². The van der Waals surface area contributed by atoms with Crippen molar-refractivity contribution in [1.82, 2.24) is 5.32 Å². The largest absolute Gasteiger partial charge is 0.493 e. The van der Waals surface area contributed by atoms with Crippen molar-refractivity contribution in [3.63, 3.8) is 0 Å². The highest BCUT2D eigenvalue weighted by Gasteiger charge is 2.38. The standard InChI is InChI=1S/C22H19BrCl2N2O5/c1-4-11(2)32-19-14(23)9-12(10-17(19)31-3)8-13-20(28)26-22(30)27(21(13)29)16-7-5-6-15(24)18(16)25/h5-11H,4H2,1-3H3,(H,26,28,30)/b13-8+/t11-/m1/s1. The molecular formula is C22H19BrCl2N2O5. The quantitative estimate of drug-likeness (QED) is 0.379. The molecule has 1 aliphatic rings. The highest BCUT2D eigenvalue weighted by atomic mass is 79.9.